The topological polar surface area (TPSA) is 81.0 Å². The molecule has 1 aliphatic heterocycles. The number of hydrogen-bond acceptors (Lipinski definition) is 6. The van der Waals surface area contributed by atoms with Crippen LogP contribution in [0.25, 0.3) is 10.9 Å². The highest BCUT2D eigenvalue weighted by molar-refractivity contribution is 7.99. The average molecular weight is 395 g/mol. The number of hydrogen-bond donors (Lipinski definition) is 0. The summed E-state index contributed by atoms with van der Waals surface area (Å²) in [6.07, 6.45) is 2.94. The summed E-state index contributed by atoms with van der Waals surface area (Å²) in [4.78, 5) is 31.9. The second-order valence-electron chi connectivity index (χ2n) is 6.75. The molecule has 0 radical (unpaired) electrons. The van der Waals surface area contributed by atoms with Crippen molar-refractivity contribution < 1.29 is 4.79 Å². The molecule has 1 aromatic carbocycles. The quantitative estimate of drug-likeness (QED) is 0.636. The molecule has 0 spiro atoms. The molecular weight excluding hydrogens is 374 g/mol. The fourth-order valence-electron chi connectivity index (χ4n) is 3.37. The lowest BCUT2D eigenvalue weighted by atomic mass is 10.2. The van der Waals surface area contributed by atoms with Gasteiger partial charge in [0, 0.05) is 24.4 Å². The number of aryl methyl sites for hydroxylation is 1. The molecule has 144 valence electrons. The van der Waals surface area contributed by atoms with Crippen LogP contribution in [0, 0.1) is 0 Å². The summed E-state index contributed by atoms with van der Waals surface area (Å²) in [7, 11) is 0. The second kappa shape index (κ2) is 8.52. The van der Waals surface area contributed by atoms with Gasteiger partial charge in [-0.25, -0.2) is 4.68 Å². The van der Waals surface area contributed by atoms with E-state index in [1.54, 1.807) is 24.4 Å². The minimum absolute atomic E-state index is 0.0139. The van der Waals surface area contributed by atoms with E-state index in [2.05, 4.69) is 15.3 Å². The van der Waals surface area contributed by atoms with Gasteiger partial charge in [-0.15, -0.1) is 5.10 Å². The van der Waals surface area contributed by atoms with E-state index in [-0.39, 0.29) is 30.5 Å². The normalized spacial score (nSPS) is 16.4. The van der Waals surface area contributed by atoms with Crippen molar-refractivity contribution in [2.75, 3.05) is 11.5 Å². The third-order valence-corrected chi connectivity index (χ3v) is 6.04. The van der Waals surface area contributed by atoms with Crippen LogP contribution < -0.4 is 5.56 Å². The maximum absolute atomic E-state index is 13.0. The third kappa shape index (κ3) is 4.06. The van der Waals surface area contributed by atoms with Gasteiger partial charge < -0.3 is 4.90 Å². The predicted molar refractivity (Wildman–Crippen MR) is 109 cm³/mol. The summed E-state index contributed by atoms with van der Waals surface area (Å²) in [5, 5.41) is 8.59. The fourth-order valence-corrected chi connectivity index (χ4v) is 4.59. The molecule has 8 heteroatoms. The van der Waals surface area contributed by atoms with Gasteiger partial charge in [0.2, 0.25) is 5.91 Å². The number of rotatable bonds is 6. The molecule has 4 rings (SSSR count). The van der Waals surface area contributed by atoms with Crippen molar-refractivity contribution in [1.29, 1.82) is 0 Å². The van der Waals surface area contributed by atoms with E-state index in [4.69, 9.17) is 0 Å². The Bertz CT molecular complexity index is 1020. The SMILES string of the molecule is O=C(CCn1nnc2ccccc2c1=O)N(Cc1ccccn1)[C@H]1CCSC1. The van der Waals surface area contributed by atoms with Crippen LogP contribution >= 0.6 is 11.8 Å². The van der Waals surface area contributed by atoms with Gasteiger partial charge in [0.05, 0.1) is 24.2 Å². The van der Waals surface area contributed by atoms with Gasteiger partial charge in [-0.2, -0.15) is 11.8 Å². The molecular formula is C20H21N5O2S. The van der Waals surface area contributed by atoms with E-state index < -0.39 is 0 Å². The van der Waals surface area contributed by atoms with Crippen molar-refractivity contribution in [1.82, 2.24) is 24.9 Å². The Hall–Kier alpha value is -2.74. The standard InChI is InChI=1S/C20H21N5O2S/c26-19(8-11-25-20(27)17-6-1-2-7-18(17)22-23-25)24(16-9-12-28-14-16)13-15-5-3-4-10-21-15/h1-7,10,16H,8-9,11-14H2/t16-/m0/s1. The van der Waals surface area contributed by atoms with E-state index in [0.717, 1.165) is 23.6 Å². The number of amides is 1. The van der Waals surface area contributed by atoms with Crippen LogP contribution in [0.1, 0.15) is 18.5 Å². The van der Waals surface area contributed by atoms with Crippen LogP contribution in [0.3, 0.4) is 0 Å². The molecule has 2 aromatic heterocycles. The Balaban J connectivity index is 1.50. The monoisotopic (exact) mass is 395 g/mol. The average Bonchev–Trinajstić information content (AvgIpc) is 3.27. The minimum atomic E-state index is -0.217. The molecule has 1 saturated heterocycles. The number of carbonyl (C=O) groups is 1. The molecule has 3 heterocycles. The first-order chi connectivity index (χ1) is 13.7. The first-order valence-electron chi connectivity index (χ1n) is 9.32. The van der Waals surface area contributed by atoms with Crippen molar-refractivity contribution in [2.24, 2.45) is 0 Å². The molecule has 1 fully saturated rings. The predicted octanol–water partition coefficient (Wildman–Crippen LogP) is 2.11. The summed E-state index contributed by atoms with van der Waals surface area (Å²) in [5.41, 5.74) is 1.22. The van der Waals surface area contributed by atoms with E-state index >= 15 is 0 Å². The van der Waals surface area contributed by atoms with E-state index in [9.17, 15) is 9.59 Å². The van der Waals surface area contributed by atoms with Crippen LogP contribution in [-0.2, 0) is 17.9 Å². The Morgan fingerprint density at radius 2 is 2.07 bits per heavy atom. The maximum Gasteiger partial charge on any atom is 0.277 e. The summed E-state index contributed by atoms with van der Waals surface area (Å²) in [5.74, 6) is 2.01. The summed E-state index contributed by atoms with van der Waals surface area (Å²) >= 11 is 1.86. The molecule has 0 aliphatic carbocycles. The van der Waals surface area contributed by atoms with Crippen molar-refractivity contribution in [3.8, 4) is 0 Å². The van der Waals surface area contributed by atoms with E-state index in [1.165, 1.54) is 4.68 Å². The molecule has 0 bridgehead atoms. The first kappa shape index (κ1) is 18.6. The fraction of sp³-hybridized carbons (Fsp3) is 0.350. The third-order valence-electron chi connectivity index (χ3n) is 4.89. The lowest BCUT2D eigenvalue weighted by Gasteiger charge is -2.28. The molecule has 0 N–H and O–H groups in total. The smallest absolute Gasteiger partial charge is 0.277 e. The van der Waals surface area contributed by atoms with Crippen LogP contribution in [0.15, 0.2) is 53.5 Å². The Morgan fingerprint density at radius 3 is 2.86 bits per heavy atom. The van der Waals surface area contributed by atoms with Crippen LogP contribution in [0.5, 0.6) is 0 Å². The molecule has 1 amide bonds. The van der Waals surface area contributed by atoms with Crippen LogP contribution in [-0.4, -0.2) is 48.3 Å². The van der Waals surface area contributed by atoms with Crippen molar-refractivity contribution in [2.45, 2.75) is 32.0 Å². The van der Waals surface area contributed by atoms with Gasteiger partial charge in [0.25, 0.3) is 5.56 Å². The van der Waals surface area contributed by atoms with Gasteiger partial charge in [-0.1, -0.05) is 23.4 Å². The zero-order valence-corrected chi connectivity index (χ0v) is 16.2. The molecule has 3 aromatic rings. The first-order valence-corrected chi connectivity index (χ1v) is 10.5. The molecule has 28 heavy (non-hydrogen) atoms. The maximum atomic E-state index is 13.0. The zero-order chi connectivity index (χ0) is 19.3. The zero-order valence-electron chi connectivity index (χ0n) is 15.4. The summed E-state index contributed by atoms with van der Waals surface area (Å²) < 4.78 is 1.28. The summed E-state index contributed by atoms with van der Waals surface area (Å²) in [6, 6.07) is 13.0. The highest BCUT2D eigenvalue weighted by Crippen LogP contribution is 2.24. The Kier molecular flexibility index (Phi) is 5.66. The minimum Gasteiger partial charge on any atom is -0.333 e. The molecule has 0 unspecified atom stereocenters. The highest BCUT2D eigenvalue weighted by Gasteiger charge is 2.27. The molecule has 0 saturated carbocycles. The number of pyridine rings is 1. The second-order valence-corrected chi connectivity index (χ2v) is 7.89. The Labute approximate surface area is 166 Å². The van der Waals surface area contributed by atoms with Crippen molar-refractivity contribution >= 4 is 28.6 Å². The van der Waals surface area contributed by atoms with Crippen molar-refractivity contribution in [3.05, 3.63) is 64.7 Å². The number of thioether (sulfide) groups is 1. The highest BCUT2D eigenvalue weighted by atomic mass is 32.2. The van der Waals surface area contributed by atoms with Gasteiger partial charge in [0.15, 0.2) is 0 Å². The van der Waals surface area contributed by atoms with Gasteiger partial charge in [-0.3, -0.25) is 14.6 Å². The van der Waals surface area contributed by atoms with Gasteiger partial charge in [0.1, 0.15) is 5.52 Å². The lowest BCUT2D eigenvalue weighted by Crippen LogP contribution is -2.41. The largest absolute Gasteiger partial charge is 0.333 e. The number of carbonyl (C=O) groups excluding carboxylic acids is 1. The molecule has 1 aliphatic rings. The molecule has 1 atom stereocenters. The number of aromatic nitrogens is 4. The van der Waals surface area contributed by atoms with Crippen LogP contribution in [0.4, 0.5) is 0 Å². The number of nitrogens with zero attached hydrogens (tertiary/aromatic N) is 5. The Morgan fingerprint density at radius 1 is 1.21 bits per heavy atom. The lowest BCUT2D eigenvalue weighted by molar-refractivity contribution is -0.134. The molecule has 7 nitrogen and oxygen atoms in total. The van der Waals surface area contributed by atoms with Gasteiger partial charge >= 0.3 is 0 Å². The summed E-state index contributed by atoms with van der Waals surface area (Å²) in [6.45, 7) is 0.706. The van der Waals surface area contributed by atoms with E-state index in [0.29, 0.717) is 17.4 Å². The number of fused-ring (bicyclic) bond motifs is 1. The number of benzene rings is 1. The van der Waals surface area contributed by atoms with Crippen LogP contribution in [0.2, 0.25) is 0 Å². The van der Waals surface area contributed by atoms with Crippen molar-refractivity contribution in [3.63, 3.8) is 0 Å². The van der Waals surface area contributed by atoms with E-state index in [1.807, 2.05) is 40.9 Å². The van der Waals surface area contributed by atoms with Gasteiger partial charge in [-0.05, 0) is 36.4 Å².